The zero-order valence-corrected chi connectivity index (χ0v) is 13.2. The largest absolute Gasteiger partial charge is 0.496 e. The second kappa shape index (κ2) is 5.45. The fraction of sp³-hybridized carbons (Fsp3) is 0.312. The van der Waals surface area contributed by atoms with Gasteiger partial charge < -0.3 is 9.30 Å². The molecule has 3 aromatic rings. The zero-order valence-electron chi connectivity index (χ0n) is 12.4. The van der Waals surface area contributed by atoms with E-state index in [1.165, 1.54) is 0 Å². The summed E-state index contributed by atoms with van der Waals surface area (Å²) in [6, 6.07) is 8.13. The molecule has 0 aliphatic rings. The van der Waals surface area contributed by atoms with Crippen molar-refractivity contribution in [2.75, 3.05) is 7.11 Å². The van der Waals surface area contributed by atoms with Crippen molar-refractivity contribution in [3.63, 3.8) is 0 Å². The van der Waals surface area contributed by atoms with E-state index >= 15 is 0 Å². The second-order valence-electron chi connectivity index (χ2n) is 5.00. The van der Waals surface area contributed by atoms with Crippen LogP contribution in [0.5, 0.6) is 5.75 Å². The van der Waals surface area contributed by atoms with Gasteiger partial charge in [-0.1, -0.05) is 17.7 Å². The Morgan fingerprint density at radius 2 is 2.10 bits per heavy atom. The summed E-state index contributed by atoms with van der Waals surface area (Å²) in [7, 11) is 1.69. The molecule has 0 N–H and O–H groups in total. The first kappa shape index (κ1) is 14.0. The normalized spacial score (nSPS) is 11.2. The molecule has 0 amide bonds. The Balaban J connectivity index is 2.07. The third-order valence-corrected chi connectivity index (χ3v) is 4.26. The van der Waals surface area contributed by atoms with Gasteiger partial charge in [-0.15, -0.1) is 0 Å². The number of rotatable bonds is 4. The van der Waals surface area contributed by atoms with Crippen LogP contribution in [0.3, 0.4) is 0 Å². The van der Waals surface area contributed by atoms with Crippen LogP contribution < -0.4 is 4.74 Å². The van der Waals surface area contributed by atoms with Gasteiger partial charge >= 0.3 is 0 Å². The van der Waals surface area contributed by atoms with Crippen molar-refractivity contribution in [3.8, 4) is 5.75 Å². The summed E-state index contributed by atoms with van der Waals surface area (Å²) in [5.41, 5.74) is 3.05. The summed E-state index contributed by atoms with van der Waals surface area (Å²) in [4.78, 5) is 0. The predicted octanol–water partition coefficient (Wildman–Crippen LogP) is 3.88. The lowest BCUT2D eigenvalue weighted by Gasteiger charge is -2.09. The Morgan fingerprint density at radius 1 is 1.29 bits per heavy atom. The van der Waals surface area contributed by atoms with E-state index in [1.807, 2.05) is 23.7 Å². The topological polar surface area (TPSA) is 32.0 Å². The van der Waals surface area contributed by atoms with Gasteiger partial charge in [0.25, 0.3) is 0 Å². The molecule has 0 unspecified atom stereocenters. The van der Waals surface area contributed by atoms with Gasteiger partial charge in [0.1, 0.15) is 5.75 Å². The summed E-state index contributed by atoms with van der Waals surface area (Å²) in [6.45, 7) is 5.52. The summed E-state index contributed by atoms with van der Waals surface area (Å²) in [6.07, 6.45) is 2.06. The number of aryl methyl sites for hydroxylation is 2. The molecule has 0 saturated carbocycles. The van der Waals surface area contributed by atoms with E-state index in [0.717, 1.165) is 39.6 Å². The number of halogens is 1. The second-order valence-corrected chi connectivity index (χ2v) is 5.38. The lowest BCUT2D eigenvalue weighted by molar-refractivity contribution is 0.420. The Hall–Kier alpha value is -1.94. The van der Waals surface area contributed by atoms with Crippen LogP contribution in [0.1, 0.15) is 18.3 Å². The zero-order chi connectivity index (χ0) is 15.0. The van der Waals surface area contributed by atoms with Gasteiger partial charge in [0.2, 0.25) is 0 Å². The average molecular weight is 304 g/mol. The first-order valence-electron chi connectivity index (χ1n) is 6.99. The molecule has 0 aliphatic carbocycles. The lowest BCUT2D eigenvalue weighted by atomic mass is 10.2. The van der Waals surface area contributed by atoms with E-state index in [9.17, 15) is 0 Å². The standard InChI is InChI=1S/C16H18ClN3O/c1-4-20-14(16(17)11(2)18-20)10-19-9-8-12-13(19)6-5-7-15(12)21-3/h5-9H,4,10H2,1-3H3. The molecule has 4 nitrogen and oxygen atoms in total. The number of benzene rings is 1. The van der Waals surface area contributed by atoms with Gasteiger partial charge in [-0.2, -0.15) is 5.10 Å². The number of nitrogens with zero attached hydrogens (tertiary/aromatic N) is 3. The molecule has 2 aromatic heterocycles. The number of aromatic nitrogens is 3. The average Bonchev–Trinajstić information content (AvgIpc) is 3.03. The number of methoxy groups -OCH3 is 1. The van der Waals surface area contributed by atoms with Crippen molar-refractivity contribution >= 4 is 22.5 Å². The first-order chi connectivity index (χ1) is 10.2. The fourth-order valence-corrected chi connectivity index (χ4v) is 2.89. The summed E-state index contributed by atoms with van der Waals surface area (Å²) >= 11 is 6.40. The van der Waals surface area contributed by atoms with Crippen molar-refractivity contribution < 1.29 is 4.74 Å². The van der Waals surface area contributed by atoms with Crippen molar-refractivity contribution in [2.45, 2.75) is 26.9 Å². The van der Waals surface area contributed by atoms with Gasteiger partial charge in [0.05, 0.1) is 35.6 Å². The molecule has 0 bridgehead atoms. The predicted molar refractivity (Wildman–Crippen MR) is 85.2 cm³/mol. The van der Waals surface area contributed by atoms with Crippen LogP contribution in [0, 0.1) is 6.92 Å². The van der Waals surface area contributed by atoms with Gasteiger partial charge in [-0.3, -0.25) is 4.68 Å². The summed E-state index contributed by atoms with van der Waals surface area (Å²) < 4.78 is 9.54. The fourth-order valence-electron chi connectivity index (χ4n) is 2.69. The van der Waals surface area contributed by atoms with Crippen LogP contribution in [0.15, 0.2) is 30.5 Å². The highest BCUT2D eigenvalue weighted by molar-refractivity contribution is 6.31. The Bertz CT molecular complexity index is 788. The molecule has 3 rings (SSSR count). The Kier molecular flexibility index (Phi) is 3.64. The van der Waals surface area contributed by atoms with E-state index in [2.05, 4.69) is 34.9 Å². The quantitative estimate of drug-likeness (QED) is 0.732. The van der Waals surface area contributed by atoms with Crippen molar-refractivity contribution in [1.82, 2.24) is 14.3 Å². The SMILES string of the molecule is CCn1nc(C)c(Cl)c1Cn1ccc2c(OC)cccc21. The lowest BCUT2D eigenvalue weighted by Crippen LogP contribution is -2.07. The highest BCUT2D eigenvalue weighted by Gasteiger charge is 2.14. The van der Waals surface area contributed by atoms with Crippen molar-refractivity contribution in [1.29, 1.82) is 0 Å². The summed E-state index contributed by atoms with van der Waals surface area (Å²) in [5.74, 6) is 0.887. The van der Waals surface area contributed by atoms with E-state index in [-0.39, 0.29) is 0 Å². The monoisotopic (exact) mass is 303 g/mol. The van der Waals surface area contributed by atoms with Gasteiger partial charge in [-0.25, -0.2) is 0 Å². The molecule has 5 heteroatoms. The van der Waals surface area contributed by atoms with Crippen LogP contribution in [-0.2, 0) is 13.1 Å². The smallest absolute Gasteiger partial charge is 0.128 e. The summed E-state index contributed by atoms with van der Waals surface area (Å²) in [5, 5.41) is 6.33. The third-order valence-electron chi connectivity index (χ3n) is 3.77. The molecule has 0 radical (unpaired) electrons. The number of fused-ring (bicyclic) bond motifs is 1. The highest BCUT2D eigenvalue weighted by Crippen LogP contribution is 2.28. The molecule has 110 valence electrons. The highest BCUT2D eigenvalue weighted by atomic mass is 35.5. The molecule has 0 spiro atoms. The third kappa shape index (κ3) is 2.29. The van der Waals surface area contributed by atoms with Crippen molar-refractivity contribution in [2.24, 2.45) is 0 Å². The van der Waals surface area contributed by atoms with Crippen LogP contribution in [0.4, 0.5) is 0 Å². The van der Waals surface area contributed by atoms with E-state index in [4.69, 9.17) is 16.3 Å². The van der Waals surface area contributed by atoms with E-state index in [0.29, 0.717) is 6.54 Å². The minimum Gasteiger partial charge on any atom is -0.496 e. The minimum absolute atomic E-state index is 0.699. The Morgan fingerprint density at radius 3 is 2.81 bits per heavy atom. The molecule has 21 heavy (non-hydrogen) atoms. The molecule has 0 saturated heterocycles. The maximum Gasteiger partial charge on any atom is 0.128 e. The number of hydrogen-bond acceptors (Lipinski definition) is 2. The molecular formula is C16H18ClN3O. The molecule has 0 fully saturated rings. The first-order valence-corrected chi connectivity index (χ1v) is 7.37. The van der Waals surface area contributed by atoms with E-state index < -0.39 is 0 Å². The minimum atomic E-state index is 0.699. The number of hydrogen-bond donors (Lipinski definition) is 0. The maximum absolute atomic E-state index is 6.40. The van der Waals surface area contributed by atoms with Gasteiger partial charge in [0.15, 0.2) is 0 Å². The van der Waals surface area contributed by atoms with Crippen LogP contribution >= 0.6 is 11.6 Å². The molecular weight excluding hydrogens is 286 g/mol. The van der Waals surface area contributed by atoms with Crippen molar-refractivity contribution in [3.05, 3.63) is 46.9 Å². The molecule has 0 atom stereocenters. The van der Waals surface area contributed by atoms with Gasteiger partial charge in [0, 0.05) is 18.1 Å². The van der Waals surface area contributed by atoms with Crippen LogP contribution in [0.2, 0.25) is 5.02 Å². The maximum atomic E-state index is 6.40. The van der Waals surface area contributed by atoms with Crippen LogP contribution in [-0.4, -0.2) is 21.5 Å². The molecule has 1 aromatic carbocycles. The molecule has 2 heterocycles. The van der Waals surface area contributed by atoms with Gasteiger partial charge in [-0.05, 0) is 32.0 Å². The Labute approximate surface area is 128 Å². The van der Waals surface area contributed by atoms with E-state index in [1.54, 1.807) is 7.11 Å². The number of ether oxygens (including phenoxy) is 1. The molecule has 0 aliphatic heterocycles. The van der Waals surface area contributed by atoms with Crippen LogP contribution in [0.25, 0.3) is 10.9 Å².